The van der Waals surface area contributed by atoms with Gasteiger partial charge in [0.25, 0.3) is 0 Å². The summed E-state index contributed by atoms with van der Waals surface area (Å²) in [6.45, 7) is 15.9. The van der Waals surface area contributed by atoms with E-state index < -0.39 is 0 Å². The van der Waals surface area contributed by atoms with Crippen LogP contribution in [0.15, 0.2) is 0 Å². The summed E-state index contributed by atoms with van der Waals surface area (Å²) < 4.78 is 0. The minimum absolute atomic E-state index is 0. The van der Waals surface area contributed by atoms with Gasteiger partial charge >= 0.3 is 0 Å². The highest BCUT2D eigenvalue weighted by atomic mass is 14.9. The molecule has 76 valence electrons. The van der Waals surface area contributed by atoms with Gasteiger partial charge in [0.05, 0.1) is 0 Å². The van der Waals surface area contributed by atoms with Crippen LogP contribution in [0.4, 0.5) is 0 Å². The highest BCUT2D eigenvalue weighted by molar-refractivity contribution is 4.72. The molecule has 0 aliphatic rings. The Kier molecular flexibility index (Phi) is 4.25. The van der Waals surface area contributed by atoms with E-state index in [2.05, 4.69) is 46.9 Å². The Morgan fingerprint density at radius 2 is 1.50 bits per heavy atom. The maximum Gasteiger partial charge on any atom is 0.000264 e. The van der Waals surface area contributed by atoms with Crippen molar-refractivity contribution >= 4 is 0 Å². The summed E-state index contributed by atoms with van der Waals surface area (Å²) in [5.41, 5.74) is 0.856. The highest BCUT2D eigenvalue weighted by Crippen LogP contribution is 2.18. The van der Waals surface area contributed by atoms with Crippen LogP contribution in [0.1, 0.15) is 49.4 Å². The Labute approximate surface area is 79.4 Å². The van der Waals surface area contributed by atoms with Gasteiger partial charge in [0, 0.05) is 14.5 Å². The maximum atomic E-state index is 3.52. The van der Waals surface area contributed by atoms with Gasteiger partial charge in [0.2, 0.25) is 0 Å². The molecular formula is C11H27N. The molecule has 0 fully saturated rings. The van der Waals surface area contributed by atoms with Crippen molar-refractivity contribution in [3.63, 3.8) is 0 Å². The van der Waals surface area contributed by atoms with Gasteiger partial charge in [0.1, 0.15) is 0 Å². The molecule has 1 heteroatoms. The molecule has 0 radical (unpaired) electrons. The summed E-state index contributed by atoms with van der Waals surface area (Å²) in [6, 6.07) is 0. The first-order valence-electron chi connectivity index (χ1n) is 4.97. The maximum absolute atomic E-state index is 3.52. The molecule has 0 saturated heterocycles. The van der Waals surface area contributed by atoms with Crippen LogP contribution < -0.4 is 5.32 Å². The summed E-state index contributed by atoms with van der Waals surface area (Å²) >= 11 is 0. The molecule has 0 saturated carbocycles. The lowest BCUT2D eigenvalue weighted by Gasteiger charge is -2.26. The Balaban J connectivity index is 0. The second-order valence-electron chi connectivity index (χ2n) is 5.68. The molecule has 0 aromatic heterocycles. The zero-order chi connectivity index (χ0) is 9.83. The van der Waals surface area contributed by atoms with Crippen LogP contribution in [0.3, 0.4) is 0 Å². The molecule has 0 atom stereocenters. The molecule has 0 aromatic rings. The van der Waals surface area contributed by atoms with Crippen molar-refractivity contribution < 1.29 is 1.43 Å². The predicted octanol–water partition coefficient (Wildman–Crippen LogP) is 3.30. The molecule has 12 heavy (non-hydrogen) atoms. The molecule has 0 bridgehead atoms. The van der Waals surface area contributed by atoms with Crippen LogP contribution in [-0.2, 0) is 0 Å². The largest absolute Gasteiger partial charge is 0.316 e. The molecule has 0 heterocycles. The van der Waals surface area contributed by atoms with Crippen molar-refractivity contribution in [1.29, 1.82) is 0 Å². The lowest BCUT2D eigenvalue weighted by Crippen LogP contribution is -2.34. The van der Waals surface area contributed by atoms with E-state index in [1.807, 2.05) is 0 Å². The van der Waals surface area contributed by atoms with E-state index in [4.69, 9.17) is 0 Å². The molecule has 0 aromatic carbocycles. The van der Waals surface area contributed by atoms with E-state index in [1.54, 1.807) is 0 Å². The molecule has 0 spiro atoms. The first kappa shape index (κ1) is 12.0. The van der Waals surface area contributed by atoms with Gasteiger partial charge in [-0.05, 0) is 17.3 Å². The third-order valence-electron chi connectivity index (χ3n) is 2.22. The number of hydrogen-bond acceptors (Lipinski definition) is 1. The van der Waals surface area contributed by atoms with Crippen LogP contribution in [0.5, 0.6) is 0 Å². The van der Waals surface area contributed by atoms with Crippen molar-refractivity contribution in [2.45, 2.75) is 48.0 Å². The van der Waals surface area contributed by atoms with E-state index >= 15 is 0 Å². The van der Waals surface area contributed by atoms with Crippen molar-refractivity contribution in [3.8, 4) is 0 Å². The second kappa shape index (κ2) is 4.27. The monoisotopic (exact) mass is 173 g/mol. The Morgan fingerprint density at radius 3 is 1.83 bits per heavy atom. The van der Waals surface area contributed by atoms with E-state index in [-0.39, 0.29) is 1.43 Å². The number of rotatable bonds is 4. The van der Waals surface area contributed by atoms with Gasteiger partial charge in [0.15, 0.2) is 0 Å². The van der Waals surface area contributed by atoms with E-state index in [0.717, 1.165) is 13.1 Å². The number of nitrogens with one attached hydrogen (secondary N) is 1. The zero-order valence-electron chi connectivity index (χ0n) is 9.62. The van der Waals surface area contributed by atoms with Crippen molar-refractivity contribution in [3.05, 3.63) is 0 Å². The average Bonchev–Trinajstić information content (AvgIpc) is 1.84. The molecule has 0 aliphatic carbocycles. The van der Waals surface area contributed by atoms with Gasteiger partial charge in [-0.2, -0.15) is 0 Å². The first-order valence-corrected chi connectivity index (χ1v) is 4.97. The Morgan fingerprint density at radius 1 is 1.00 bits per heavy atom. The summed E-state index contributed by atoms with van der Waals surface area (Å²) in [5, 5.41) is 3.52. The van der Waals surface area contributed by atoms with Crippen LogP contribution in [0.2, 0.25) is 0 Å². The lowest BCUT2D eigenvalue weighted by molar-refractivity contribution is 0.293. The van der Waals surface area contributed by atoms with Crippen LogP contribution >= 0.6 is 0 Å². The molecule has 1 nitrogen and oxygen atoms in total. The molecule has 0 rings (SSSR count). The minimum atomic E-state index is 0. The highest BCUT2D eigenvalue weighted by Gasteiger charge is 2.16. The van der Waals surface area contributed by atoms with Gasteiger partial charge in [-0.15, -0.1) is 0 Å². The summed E-state index contributed by atoms with van der Waals surface area (Å²) in [7, 11) is 0. The van der Waals surface area contributed by atoms with Gasteiger partial charge < -0.3 is 5.32 Å². The van der Waals surface area contributed by atoms with Gasteiger partial charge in [-0.25, -0.2) is 0 Å². The topological polar surface area (TPSA) is 12.0 Å². The molecule has 1 N–H and O–H groups in total. The molecular weight excluding hydrogens is 146 g/mol. The standard InChI is InChI=1S/C11H25N.H2/c1-7-11(5,6)9-12-8-10(2,3)4;/h12H,7-9H2,1-6H3;1H. The van der Waals surface area contributed by atoms with Crippen LogP contribution in [0.25, 0.3) is 0 Å². The minimum Gasteiger partial charge on any atom is -0.316 e. The third kappa shape index (κ3) is 6.66. The van der Waals surface area contributed by atoms with Crippen LogP contribution in [-0.4, -0.2) is 13.1 Å². The van der Waals surface area contributed by atoms with Crippen LogP contribution in [0, 0.1) is 10.8 Å². The lowest BCUT2D eigenvalue weighted by atomic mass is 9.89. The quantitative estimate of drug-likeness (QED) is 0.688. The van der Waals surface area contributed by atoms with Gasteiger partial charge in [-0.1, -0.05) is 41.5 Å². The SMILES string of the molecule is CCC(C)(C)CNCC(C)(C)C.[HH]. The molecule has 0 aliphatic heterocycles. The summed E-state index contributed by atoms with van der Waals surface area (Å²) in [4.78, 5) is 0. The summed E-state index contributed by atoms with van der Waals surface area (Å²) in [5.74, 6) is 0. The number of hydrogen-bond donors (Lipinski definition) is 1. The predicted molar refractivity (Wildman–Crippen MR) is 58.5 cm³/mol. The fourth-order valence-electron chi connectivity index (χ4n) is 0.901. The Bertz CT molecular complexity index is 125. The van der Waals surface area contributed by atoms with E-state index in [9.17, 15) is 0 Å². The van der Waals surface area contributed by atoms with Gasteiger partial charge in [-0.3, -0.25) is 0 Å². The smallest absolute Gasteiger partial charge is 0.000264 e. The second-order valence-corrected chi connectivity index (χ2v) is 5.68. The average molecular weight is 173 g/mol. The fraction of sp³-hybridized carbons (Fsp3) is 1.00. The van der Waals surface area contributed by atoms with E-state index in [1.165, 1.54) is 6.42 Å². The fourth-order valence-corrected chi connectivity index (χ4v) is 0.901. The van der Waals surface area contributed by atoms with Crippen molar-refractivity contribution in [2.75, 3.05) is 13.1 Å². The van der Waals surface area contributed by atoms with Crippen molar-refractivity contribution in [1.82, 2.24) is 5.32 Å². The first-order chi connectivity index (χ1) is 5.27. The summed E-state index contributed by atoms with van der Waals surface area (Å²) in [6.07, 6.45) is 1.24. The normalized spacial score (nSPS) is 13.5. The third-order valence-corrected chi connectivity index (χ3v) is 2.22. The molecule has 0 unspecified atom stereocenters. The van der Waals surface area contributed by atoms with E-state index in [0.29, 0.717) is 10.8 Å². The zero-order valence-corrected chi connectivity index (χ0v) is 9.62. The van der Waals surface area contributed by atoms with Crippen molar-refractivity contribution in [2.24, 2.45) is 10.8 Å². The molecule has 0 amide bonds. The Hall–Kier alpha value is -0.0400.